The fourth-order valence-corrected chi connectivity index (χ4v) is 2.43. The first-order chi connectivity index (χ1) is 8.43. The second kappa shape index (κ2) is 6.21. The summed E-state index contributed by atoms with van der Waals surface area (Å²) in [5, 5.41) is 10.9. The molecular weight excluding hydrogens is 226 g/mol. The molecule has 1 N–H and O–H groups in total. The van der Waals surface area contributed by atoms with Crippen molar-refractivity contribution in [2.45, 2.75) is 25.9 Å². The van der Waals surface area contributed by atoms with Crippen LogP contribution in [-0.4, -0.2) is 37.8 Å². The quantitative estimate of drug-likeness (QED) is 0.843. The molecule has 0 heterocycles. The Bertz CT molecular complexity index is 379. The van der Waals surface area contributed by atoms with Crippen LogP contribution in [0, 0.1) is 5.92 Å². The number of rotatable bonds is 6. The van der Waals surface area contributed by atoms with E-state index in [0.29, 0.717) is 6.42 Å². The molecule has 0 amide bonds. The lowest BCUT2D eigenvalue weighted by molar-refractivity contribution is -0.0293. The van der Waals surface area contributed by atoms with Crippen molar-refractivity contribution in [3.63, 3.8) is 0 Å². The third-order valence-corrected chi connectivity index (χ3v) is 3.56. The highest BCUT2D eigenvalue weighted by Gasteiger charge is 2.34. The van der Waals surface area contributed by atoms with Crippen molar-refractivity contribution in [3.8, 4) is 5.75 Å². The first-order valence-corrected chi connectivity index (χ1v) is 6.45. The molecule has 0 aliphatic heterocycles. The Morgan fingerprint density at radius 1 is 1.39 bits per heavy atom. The fraction of sp³-hybridized carbons (Fsp3) is 0.600. The fourth-order valence-electron chi connectivity index (χ4n) is 2.43. The SMILES string of the molecule is CC[C@@](O)(c1cccc(OC)c1)C(C)CN(C)C. The molecule has 0 fully saturated rings. The van der Waals surface area contributed by atoms with E-state index >= 15 is 0 Å². The lowest BCUT2D eigenvalue weighted by atomic mass is 9.80. The van der Waals surface area contributed by atoms with E-state index in [0.717, 1.165) is 17.9 Å². The highest BCUT2D eigenvalue weighted by atomic mass is 16.5. The number of aliphatic hydroxyl groups is 1. The molecular formula is C15H25NO2. The van der Waals surface area contributed by atoms with Crippen LogP contribution in [0.3, 0.4) is 0 Å². The van der Waals surface area contributed by atoms with Gasteiger partial charge in [-0.2, -0.15) is 0 Å². The molecule has 1 rings (SSSR count). The number of ether oxygens (including phenoxy) is 1. The normalized spacial score (nSPS) is 16.4. The molecule has 0 saturated heterocycles. The van der Waals surface area contributed by atoms with Gasteiger partial charge in [-0.25, -0.2) is 0 Å². The second-order valence-electron chi connectivity index (χ2n) is 5.17. The van der Waals surface area contributed by atoms with Crippen LogP contribution in [0.25, 0.3) is 0 Å². The monoisotopic (exact) mass is 251 g/mol. The van der Waals surface area contributed by atoms with E-state index in [4.69, 9.17) is 4.74 Å². The maximum atomic E-state index is 10.9. The summed E-state index contributed by atoms with van der Waals surface area (Å²) in [4.78, 5) is 2.10. The standard InChI is InChI=1S/C15H25NO2/c1-6-15(17,12(2)11-16(3)4)13-8-7-9-14(10-13)18-5/h7-10,12,17H,6,11H2,1-5H3/t12?,15-/m0/s1. The van der Waals surface area contributed by atoms with Crippen LogP contribution in [0.2, 0.25) is 0 Å². The molecule has 1 aromatic carbocycles. The van der Waals surface area contributed by atoms with Crippen molar-refractivity contribution in [2.24, 2.45) is 5.92 Å². The molecule has 2 atom stereocenters. The summed E-state index contributed by atoms with van der Waals surface area (Å²) in [6, 6.07) is 7.72. The lowest BCUT2D eigenvalue weighted by Gasteiger charge is -2.35. The molecule has 0 radical (unpaired) electrons. The summed E-state index contributed by atoms with van der Waals surface area (Å²) in [6.07, 6.45) is 0.690. The Labute approximate surface area is 110 Å². The van der Waals surface area contributed by atoms with E-state index in [9.17, 15) is 5.11 Å². The van der Waals surface area contributed by atoms with Gasteiger partial charge in [-0.1, -0.05) is 26.0 Å². The Morgan fingerprint density at radius 3 is 2.56 bits per heavy atom. The zero-order valence-electron chi connectivity index (χ0n) is 12.1. The van der Waals surface area contributed by atoms with Crippen LogP contribution in [0.4, 0.5) is 0 Å². The highest BCUT2D eigenvalue weighted by molar-refractivity contribution is 5.32. The van der Waals surface area contributed by atoms with Crippen LogP contribution in [-0.2, 0) is 5.60 Å². The minimum Gasteiger partial charge on any atom is -0.497 e. The van der Waals surface area contributed by atoms with Crippen molar-refractivity contribution in [1.82, 2.24) is 4.90 Å². The van der Waals surface area contributed by atoms with E-state index in [-0.39, 0.29) is 5.92 Å². The van der Waals surface area contributed by atoms with Gasteiger partial charge in [-0.05, 0) is 38.2 Å². The first kappa shape index (κ1) is 15.0. The predicted octanol–water partition coefficient (Wildman–Crippen LogP) is 2.49. The second-order valence-corrected chi connectivity index (χ2v) is 5.17. The van der Waals surface area contributed by atoms with Crippen molar-refractivity contribution in [1.29, 1.82) is 0 Å². The van der Waals surface area contributed by atoms with Crippen LogP contribution >= 0.6 is 0 Å². The maximum absolute atomic E-state index is 10.9. The van der Waals surface area contributed by atoms with Crippen molar-refractivity contribution in [3.05, 3.63) is 29.8 Å². The molecule has 0 saturated carbocycles. The number of hydrogen-bond acceptors (Lipinski definition) is 3. The summed E-state index contributed by atoms with van der Waals surface area (Å²) >= 11 is 0. The largest absolute Gasteiger partial charge is 0.497 e. The van der Waals surface area contributed by atoms with Crippen molar-refractivity contribution < 1.29 is 9.84 Å². The van der Waals surface area contributed by atoms with Crippen LogP contribution in [0.15, 0.2) is 24.3 Å². The molecule has 102 valence electrons. The van der Waals surface area contributed by atoms with E-state index in [1.165, 1.54) is 0 Å². The molecule has 3 nitrogen and oxygen atoms in total. The predicted molar refractivity (Wildman–Crippen MR) is 74.9 cm³/mol. The molecule has 3 heteroatoms. The van der Waals surface area contributed by atoms with Gasteiger partial charge in [0.2, 0.25) is 0 Å². The summed E-state index contributed by atoms with van der Waals surface area (Å²) in [5.41, 5.74) is 0.123. The number of hydrogen-bond donors (Lipinski definition) is 1. The van der Waals surface area contributed by atoms with Gasteiger partial charge in [0.05, 0.1) is 12.7 Å². The molecule has 0 bridgehead atoms. The van der Waals surface area contributed by atoms with E-state index in [1.807, 2.05) is 45.3 Å². The van der Waals surface area contributed by atoms with Gasteiger partial charge in [0.1, 0.15) is 5.75 Å². The van der Waals surface area contributed by atoms with Gasteiger partial charge in [-0.3, -0.25) is 0 Å². The molecule has 0 spiro atoms. The Hall–Kier alpha value is -1.06. The van der Waals surface area contributed by atoms with Crippen molar-refractivity contribution >= 4 is 0 Å². The minimum atomic E-state index is -0.807. The van der Waals surface area contributed by atoms with Crippen molar-refractivity contribution in [2.75, 3.05) is 27.7 Å². The molecule has 1 unspecified atom stereocenters. The average molecular weight is 251 g/mol. The molecule has 0 aliphatic carbocycles. The highest BCUT2D eigenvalue weighted by Crippen LogP contribution is 2.34. The molecule has 18 heavy (non-hydrogen) atoms. The molecule has 0 aliphatic rings. The number of benzene rings is 1. The Kier molecular flexibility index (Phi) is 5.17. The number of methoxy groups -OCH3 is 1. The zero-order chi connectivity index (χ0) is 13.8. The summed E-state index contributed by atoms with van der Waals surface area (Å²) in [5.74, 6) is 0.945. The van der Waals surface area contributed by atoms with Gasteiger partial charge >= 0.3 is 0 Å². The van der Waals surface area contributed by atoms with Crippen LogP contribution in [0.1, 0.15) is 25.8 Å². The summed E-state index contributed by atoms with van der Waals surface area (Å²) in [7, 11) is 5.70. The Morgan fingerprint density at radius 2 is 2.06 bits per heavy atom. The average Bonchev–Trinajstić information content (AvgIpc) is 2.37. The summed E-state index contributed by atoms with van der Waals surface area (Å²) < 4.78 is 5.23. The van der Waals surface area contributed by atoms with E-state index in [2.05, 4.69) is 11.8 Å². The topological polar surface area (TPSA) is 32.7 Å². The third kappa shape index (κ3) is 3.24. The Balaban J connectivity index is 3.05. The molecule has 1 aromatic rings. The number of nitrogens with zero attached hydrogens (tertiary/aromatic N) is 1. The van der Waals surface area contributed by atoms with E-state index in [1.54, 1.807) is 7.11 Å². The van der Waals surface area contributed by atoms with Gasteiger partial charge in [0.15, 0.2) is 0 Å². The lowest BCUT2D eigenvalue weighted by Crippen LogP contribution is -2.38. The van der Waals surface area contributed by atoms with Crippen LogP contribution < -0.4 is 4.74 Å². The molecule has 0 aromatic heterocycles. The zero-order valence-corrected chi connectivity index (χ0v) is 12.1. The van der Waals surface area contributed by atoms with Crippen LogP contribution in [0.5, 0.6) is 5.75 Å². The smallest absolute Gasteiger partial charge is 0.119 e. The third-order valence-electron chi connectivity index (χ3n) is 3.56. The maximum Gasteiger partial charge on any atom is 0.119 e. The minimum absolute atomic E-state index is 0.157. The van der Waals surface area contributed by atoms with Gasteiger partial charge in [0, 0.05) is 12.5 Å². The van der Waals surface area contributed by atoms with Gasteiger partial charge in [-0.15, -0.1) is 0 Å². The first-order valence-electron chi connectivity index (χ1n) is 6.45. The van der Waals surface area contributed by atoms with Gasteiger partial charge < -0.3 is 14.7 Å². The summed E-state index contributed by atoms with van der Waals surface area (Å²) in [6.45, 7) is 4.95. The van der Waals surface area contributed by atoms with Gasteiger partial charge in [0.25, 0.3) is 0 Å². The van der Waals surface area contributed by atoms with E-state index < -0.39 is 5.60 Å².